The molecule has 3 aromatic rings. The summed E-state index contributed by atoms with van der Waals surface area (Å²) in [4.78, 5) is 18.6. The number of benzene rings is 2. The Morgan fingerprint density at radius 1 is 1.28 bits per heavy atom. The quantitative estimate of drug-likeness (QED) is 0.741. The maximum atomic E-state index is 13.6. The lowest BCUT2D eigenvalue weighted by atomic mass is 10.2. The van der Waals surface area contributed by atoms with Crippen LogP contribution in [0.5, 0.6) is 0 Å². The topological polar surface area (TPSA) is 45.2 Å². The van der Waals surface area contributed by atoms with E-state index in [0.717, 1.165) is 27.4 Å². The summed E-state index contributed by atoms with van der Waals surface area (Å²) in [5.74, 6) is -1.85. The van der Waals surface area contributed by atoms with Gasteiger partial charge in [-0.15, -0.1) is 11.3 Å². The van der Waals surface area contributed by atoms with Crippen LogP contribution in [0.25, 0.3) is 10.2 Å². The molecule has 4 nitrogen and oxygen atoms in total. The van der Waals surface area contributed by atoms with Gasteiger partial charge in [0.15, 0.2) is 0 Å². The van der Waals surface area contributed by atoms with Crippen LogP contribution in [0.15, 0.2) is 42.5 Å². The Kier molecular flexibility index (Phi) is 5.06. The third-order valence-electron chi connectivity index (χ3n) is 3.93. The van der Waals surface area contributed by atoms with Gasteiger partial charge in [0, 0.05) is 6.07 Å². The highest BCUT2D eigenvalue weighted by Gasteiger charge is 2.19. The Hall–Kier alpha value is -2.38. The van der Waals surface area contributed by atoms with Crippen LogP contribution < -0.4 is 5.32 Å². The first-order chi connectivity index (χ1) is 11.9. The summed E-state index contributed by atoms with van der Waals surface area (Å²) < 4.78 is 27.6. The van der Waals surface area contributed by atoms with Gasteiger partial charge in [-0.2, -0.15) is 0 Å². The number of nitrogens with one attached hydrogen (secondary N) is 1. The number of aromatic nitrogens is 1. The van der Waals surface area contributed by atoms with Gasteiger partial charge in [0.1, 0.15) is 16.6 Å². The number of anilines is 1. The molecule has 1 heterocycles. The van der Waals surface area contributed by atoms with E-state index in [9.17, 15) is 13.6 Å². The maximum Gasteiger partial charge on any atom is 0.238 e. The predicted molar refractivity (Wildman–Crippen MR) is 95.7 cm³/mol. The van der Waals surface area contributed by atoms with Crippen LogP contribution in [-0.2, 0) is 4.79 Å². The molecule has 0 aliphatic heterocycles. The predicted octanol–water partition coefficient (Wildman–Crippen LogP) is 4.21. The Bertz CT molecular complexity index is 879. The van der Waals surface area contributed by atoms with E-state index < -0.39 is 11.6 Å². The number of rotatable bonds is 5. The fraction of sp³-hybridized carbons (Fsp3) is 0.222. The first kappa shape index (κ1) is 17.4. The SMILES string of the molecule is C[C@H](c1nc2ccccc2s1)N(C)CC(=O)Nc1ccc(F)cc1F. The average molecular weight is 361 g/mol. The summed E-state index contributed by atoms with van der Waals surface area (Å²) in [7, 11) is 1.80. The van der Waals surface area contributed by atoms with Gasteiger partial charge < -0.3 is 5.32 Å². The summed E-state index contributed by atoms with van der Waals surface area (Å²) in [6, 6.07) is 10.8. The van der Waals surface area contributed by atoms with Crippen LogP contribution in [0, 0.1) is 11.6 Å². The second-order valence-electron chi connectivity index (χ2n) is 5.78. The zero-order valence-corrected chi connectivity index (χ0v) is 14.6. The van der Waals surface area contributed by atoms with E-state index >= 15 is 0 Å². The molecule has 0 unspecified atom stereocenters. The first-order valence-corrected chi connectivity index (χ1v) is 8.56. The lowest BCUT2D eigenvalue weighted by Gasteiger charge is -2.22. The zero-order chi connectivity index (χ0) is 18.0. The minimum Gasteiger partial charge on any atom is -0.322 e. The van der Waals surface area contributed by atoms with Crippen molar-refractivity contribution in [2.24, 2.45) is 0 Å². The maximum absolute atomic E-state index is 13.6. The average Bonchev–Trinajstić information content (AvgIpc) is 3.00. The Morgan fingerprint density at radius 2 is 2.04 bits per heavy atom. The van der Waals surface area contributed by atoms with Crippen molar-refractivity contribution in [3.63, 3.8) is 0 Å². The smallest absolute Gasteiger partial charge is 0.238 e. The normalized spacial score (nSPS) is 12.5. The molecule has 1 atom stereocenters. The van der Waals surface area contributed by atoms with E-state index in [4.69, 9.17) is 0 Å². The molecule has 1 amide bonds. The van der Waals surface area contributed by atoms with E-state index in [-0.39, 0.29) is 24.2 Å². The summed E-state index contributed by atoms with van der Waals surface area (Å²) in [6.07, 6.45) is 0. The number of carbonyl (C=O) groups is 1. The van der Waals surface area contributed by atoms with Gasteiger partial charge in [-0.1, -0.05) is 12.1 Å². The molecule has 3 rings (SSSR count). The number of amides is 1. The van der Waals surface area contributed by atoms with Crippen molar-refractivity contribution in [2.45, 2.75) is 13.0 Å². The Morgan fingerprint density at radius 3 is 2.76 bits per heavy atom. The second-order valence-corrected chi connectivity index (χ2v) is 6.85. The summed E-state index contributed by atoms with van der Waals surface area (Å²) in [5.41, 5.74) is 0.896. The summed E-state index contributed by atoms with van der Waals surface area (Å²) in [6.45, 7) is 2.03. The standard InChI is InChI=1S/C18H17F2N3OS/c1-11(18-22-15-5-3-4-6-16(15)25-18)23(2)10-17(24)21-14-8-7-12(19)9-13(14)20/h3-9,11H,10H2,1-2H3,(H,21,24)/t11-/m1/s1. The third-order valence-corrected chi connectivity index (χ3v) is 5.13. The number of likely N-dealkylation sites (N-methyl/N-ethyl adjacent to an activating group) is 1. The summed E-state index contributed by atoms with van der Waals surface area (Å²) in [5, 5.41) is 3.37. The minimum absolute atomic E-state index is 0.0348. The molecule has 0 fully saturated rings. The second kappa shape index (κ2) is 7.25. The van der Waals surface area contributed by atoms with E-state index in [1.165, 1.54) is 6.07 Å². The van der Waals surface area contributed by atoms with Gasteiger partial charge in [0.2, 0.25) is 5.91 Å². The highest BCUT2D eigenvalue weighted by Crippen LogP contribution is 2.28. The molecule has 2 aromatic carbocycles. The van der Waals surface area contributed by atoms with Gasteiger partial charge in [0.25, 0.3) is 0 Å². The van der Waals surface area contributed by atoms with Crippen molar-refractivity contribution in [3.8, 4) is 0 Å². The number of para-hydroxylation sites is 1. The van der Waals surface area contributed by atoms with Crippen molar-refractivity contribution in [3.05, 3.63) is 59.1 Å². The third kappa shape index (κ3) is 4.00. The zero-order valence-electron chi connectivity index (χ0n) is 13.8. The Labute approximate surface area is 148 Å². The largest absolute Gasteiger partial charge is 0.322 e. The lowest BCUT2D eigenvalue weighted by Crippen LogP contribution is -2.32. The van der Waals surface area contributed by atoms with E-state index in [0.29, 0.717) is 0 Å². The molecule has 130 valence electrons. The van der Waals surface area contributed by atoms with Crippen LogP contribution in [0.3, 0.4) is 0 Å². The monoisotopic (exact) mass is 361 g/mol. The number of hydrogen-bond donors (Lipinski definition) is 1. The highest BCUT2D eigenvalue weighted by atomic mass is 32.1. The van der Waals surface area contributed by atoms with Crippen molar-refractivity contribution in [1.82, 2.24) is 9.88 Å². The summed E-state index contributed by atoms with van der Waals surface area (Å²) >= 11 is 1.58. The number of nitrogens with zero attached hydrogens (tertiary/aromatic N) is 2. The van der Waals surface area contributed by atoms with Crippen molar-refractivity contribution in [2.75, 3.05) is 18.9 Å². The van der Waals surface area contributed by atoms with E-state index in [2.05, 4.69) is 10.3 Å². The molecule has 0 radical (unpaired) electrons. The number of fused-ring (bicyclic) bond motifs is 1. The fourth-order valence-electron chi connectivity index (χ4n) is 2.40. The van der Waals surface area contributed by atoms with Crippen molar-refractivity contribution < 1.29 is 13.6 Å². The van der Waals surface area contributed by atoms with Gasteiger partial charge in [0.05, 0.1) is 28.5 Å². The molecular formula is C18H17F2N3OS. The van der Waals surface area contributed by atoms with Crippen LogP contribution >= 0.6 is 11.3 Å². The molecular weight excluding hydrogens is 344 g/mol. The van der Waals surface area contributed by atoms with Gasteiger partial charge >= 0.3 is 0 Å². The molecule has 0 aliphatic carbocycles. The van der Waals surface area contributed by atoms with Gasteiger partial charge in [-0.3, -0.25) is 9.69 Å². The van der Waals surface area contributed by atoms with Crippen molar-refractivity contribution in [1.29, 1.82) is 0 Å². The molecule has 0 saturated carbocycles. The number of hydrogen-bond acceptors (Lipinski definition) is 4. The molecule has 0 saturated heterocycles. The van der Waals surface area contributed by atoms with E-state index in [1.54, 1.807) is 18.4 Å². The van der Waals surface area contributed by atoms with Gasteiger partial charge in [-0.05, 0) is 38.2 Å². The highest BCUT2D eigenvalue weighted by molar-refractivity contribution is 7.18. The van der Waals surface area contributed by atoms with Crippen LogP contribution in [0.4, 0.5) is 14.5 Å². The molecule has 1 N–H and O–H groups in total. The van der Waals surface area contributed by atoms with Crippen molar-refractivity contribution >= 4 is 33.1 Å². The Balaban J connectivity index is 1.66. The van der Waals surface area contributed by atoms with Gasteiger partial charge in [-0.25, -0.2) is 13.8 Å². The number of thiazole rings is 1. The molecule has 0 aliphatic rings. The fourth-order valence-corrected chi connectivity index (χ4v) is 3.49. The first-order valence-electron chi connectivity index (χ1n) is 7.74. The minimum atomic E-state index is -0.796. The van der Waals surface area contributed by atoms with E-state index in [1.807, 2.05) is 36.1 Å². The van der Waals surface area contributed by atoms with Crippen LogP contribution in [0.2, 0.25) is 0 Å². The van der Waals surface area contributed by atoms with Crippen LogP contribution in [0.1, 0.15) is 18.0 Å². The number of halogens is 2. The number of carbonyl (C=O) groups excluding carboxylic acids is 1. The molecule has 0 bridgehead atoms. The van der Waals surface area contributed by atoms with Crippen LogP contribution in [-0.4, -0.2) is 29.4 Å². The lowest BCUT2D eigenvalue weighted by molar-refractivity contribution is -0.117. The molecule has 7 heteroatoms. The molecule has 0 spiro atoms. The molecule has 1 aromatic heterocycles. The molecule has 25 heavy (non-hydrogen) atoms.